The van der Waals surface area contributed by atoms with E-state index in [9.17, 15) is 0 Å². The van der Waals surface area contributed by atoms with E-state index in [4.69, 9.17) is 26.5 Å². The molecule has 144 heavy (non-hydrogen) atoms. The minimum absolute atomic E-state index is 0.140. The Labute approximate surface area is 830 Å². The molecule has 0 unspecified atom stereocenters. The highest BCUT2D eigenvalue weighted by atomic mass is 16.4. The van der Waals surface area contributed by atoms with Crippen molar-refractivity contribution in [2.24, 2.45) is 0 Å². The number of anilines is 9. The van der Waals surface area contributed by atoms with Gasteiger partial charge in [-0.1, -0.05) is 390 Å². The predicted molar refractivity (Wildman–Crippen MR) is 597 cm³/mol. The van der Waals surface area contributed by atoms with Gasteiger partial charge in [-0.05, 0) is 200 Å². The summed E-state index contributed by atoms with van der Waals surface area (Å²) >= 11 is 0. The molecule has 6 heterocycles. The quantitative estimate of drug-likeness (QED) is 0.0996. The maximum Gasteiger partial charge on any atom is 0.159 e. The fraction of sp³-hybridized carbons (Fsp3) is 0.0222. The standard InChI is InChI=1S/C48H31NO2.C45H31NO2.C42H27NO2/c1-3-12-32(13-4-1)33-22-24-34(25-23-33)35-26-28-37(29-27-35)49(44-19-11-18-41-39-16-7-9-20-45(39)51-48(41)44)38-30-42(36-14-5-2-6-15-36)47-43(31-38)40-17-8-10-21-46(40)50-47;1-45(2)38-19-9-6-15-31(38)32-24-23-29(27-39(32)45)46(40-20-12-18-35-33-16-7-10-21-41(33)48-44(35)40)30-25-36(28-13-4-3-5-14-28)43-37(26-30)34-17-8-11-22-42(34)47-43;1-3-12-28(13-4-1)29-22-24-31(25-23-29)43(38-19-11-18-35-33-16-7-9-20-39(33)45-42(35)38)32-26-36(30-14-5-2-6-15-30)41-37(27-32)34-17-8-10-21-40(34)44-41/h1-31H;3-27H,1-2H3;1-27H. The van der Waals surface area contributed by atoms with Crippen LogP contribution in [0.1, 0.15) is 25.0 Å². The summed E-state index contributed by atoms with van der Waals surface area (Å²) in [4.78, 5) is 7.01. The van der Waals surface area contributed by atoms with Gasteiger partial charge in [0.25, 0.3) is 0 Å². The van der Waals surface area contributed by atoms with Crippen LogP contribution >= 0.6 is 0 Å². The van der Waals surface area contributed by atoms with Gasteiger partial charge in [-0.15, -0.1) is 0 Å². The van der Waals surface area contributed by atoms with E-state index in [0.717, 1.165) is 222 Å². The summed E-state index contributed by atoms with van der Waals surface area (Å²) in [7, 11) is 0. The highest BCUT2D eigenvalue weighted by Crippen LogP contribution is 2.56. The molecule has 28 aromatic rings. The Morgan fingerprint density at radius 1 is 0.146 bits per heavy atom. The SMILES string of the molecule is CC1(C)c2ccccc2-c2ccc(N(c3cc(-c4ccccc4)c4oc5ccccc5c4c3)c3cccc4c3oc3ccccc34)cc21.c1ccc(-c2ccc(-c3ccc(N(c4cc(-c5ccccc5)c5oc6ccccc6c5c4)c4cccc5c4oc4ccccc45)cc3)cc2)cc1.c1ccc(-c2ccc(N(c3cc(-c4ccccc4)c4oc5ccccc5c4c3)c3cccc4c3oc3ccccc34)cc2)cc1. The molecule has 0 atom stereocenters. The molecule has 6 aromatic heterocycles. The number of nitrogens with zero attached hydrogens (tertiary/aromatic N) is 3. The second-order valence-electron chi connectivity index (χ2n) is 37.6. The first-order valence-electron chi connectivity index (χ1n) is 49.0. The Hall–Kier alpha value is -19.0. The number of benzene rings is 22. The lowest BCUT2D eigenvalue weighted by molar-refractivity contribution is 0.660. The van der Waals surface area contributed by atoms with Gasteiger partial charge in [-0.3, -0.25) is 0 Å². The van der Waals surface area contributed by atoms with Crippen LogP contribution in [0.3, 0.4) is 0 Å². The third kappa shape index (κ3) is 14.5. The number of fused-ring (bicyclic) bond motifs is 21. The average molecular weight is 1850 g/mol. The minimum Gasteiger partial charge on any atom is -0.455 e. The molecule has 0 bridgehead atoms. The van der Waals surface area contributed by atoms with Gasteiger partial charge in [0.1, 0.15) is 50.2 Å². The summed E-state index contributed by atoms with van der Waals surface area (Å²) in [5.41, 5.74) is 38.3. The van der Waals surface area contributed by atoms with Gasteiger partial charge >= 0.3 is 0 Å². The molecule has 22 aromatic carbocycles. The molecular formula is C135H89N3O6. The third-order valence-electron chi connectivity index (χ3n) is 28.8. The van der Waals surface area contributed by atoms with Crippen LogP contribution in [0.15, 0.2) is 530 Å². The van der Waals surface area contributed by atoms with Crippen molar-refractivity contribution >= 4 is 183 Å². The lowest BCUT2D eigenvalue weighted by atomic mass is 9.82. The first-order chi connectivity index (χ1) is 71.2. The molecule has 0 saturated carbocycles. The van der Waals surface area contributed by atoms with Gasteiger partial charge in [0.05, 0.1) is 17.1 Å². The zero-order chi connectivity index (χ0) is 95.5. The third-order valence-corrected chi connectivity index (χ3v) is 28.8. The predicted octanol–water partition coefficient (Wildman–Crippen LogP) is 39.2. The summed E-state index contributed by atoms with van der Waals surface area (Å²) in [5.74, 6) is 0. The zero-order valence-corrected chi connectivity index (χ0v) is 78.7. The Morgan fingerprint density at radius 2 is 0.382 bits per heavy atom. The lowest BCUT2D eigenvalue weighted by Gasteiger charge is -2.28. The van der Waals surface area contributed by atoms with Crippen LogP contribution in [0.5, 0.6) is 0 Å². The Bertz CT molecular complexity index is 9800. The van der Waals surface area contributed by atoms with Gasteiger partial charge in [0.2, 0.25) is 0 Å². The van der Waals surface area contributed by atoms with Crippen molar-refractivity contribution in [3.63, 3.8) is 0 Å². The van der Waals surface area contributed by atoms with Gasteiger partial charge in [-0.2, -0.15) is 0 Å². The van der Waals surface area contributed by atoms with Crippen molar-refractivity contribution in [2.45, 2.75) is 19.3 Å². The smallest absolute Gasteiger partial charge is 0.159 e. The summed E-state index contributed by atoms with van der Waals surface area (Å²) in [5, 5.41) is 13.1. The molecule has 9 heteroatoms. The van der Waals surface area contributed by atoms with Crippen LogP contribution in [0, 0.1) is 0 Å². The molecular weight excluding hydrogens is 1760 g/mol. The Balaban J connectivity index is 0.000000108. The van der Waals surface area contributed by atoms with Gasteiger partial charge < -0.3 is 41.2 Å². The molecule has 0 spiro atoms. The second-order valence-corrected chi connectivity index (χ2v) is 37.6. The molecule has 9 nitrogen and oxygen atoms in total. The molecule has 0 fully saturated rings. The van der Waals surface area contributed by atoms with E-state index in [-0.39, 0.29) is 5.41 Å². The van der Waals surface area contributed by atoms with Crippen molar-refractivity contribution < 1.29 is 26.5 Å². The average Bonchev–Trinajstić information content (AvgIpc) is 1.56. The molecule has 0 saturated heterocycles. The fourth-order valence-electron chi connectivity index (χ4n) is 21.9. The van der Waals surface area contributed by atoms with Crippen molar-refractivity contribution in [3.8, 4) is 77.9 Å². The van der Waals surface area contributed by atoms with E-state index in [1.807, 2.05) is 72.8 Å². The lowest BCUT2D eigenvalue weighted by Crippen LogP contribution is -2.16. The number of hydrogen-bond acceptors (Lipinski definition) is 9. The van der Waals surface area contributed by atoms with Gasteiger partial charge in [0.15, 0.2) is 16.7 Å². The second kappa shape index (κ2) is 34.9. The number of rotatable bonds is 15. The summed E-state index contributed by atoms with van der Waals surface area (Å²) < 4.78 is 39.6. The maximum absolute atomic E-state index is 6.69. The Morgan fingerprint density at radius 3 is 0.708 bits per heavy atom. The molecule has 29 rings (SSSR count). The topological polar surface area (TPSA) is 88.6 Å². The number of para-hydroxylation sites is 9. The first kappa shape index (κ1) is 84.3. The largest absolute Gasteiger partial charge is 0.455 e. The molecule has 0 amide bonds. The number of hydrogen-bond donors (Lipinski definition) is 0. The zero-order valence-electron chi connectivity index (χ0n) is 78.7. The van der Waals surface area contributed by atoms with Crippen molar-refractivity contribution in [2.75, 3.05) is 14.7 Å². The number of furan rings is 6. The minimum atomic E-state index is -0.140. The van der Waals surface area contributed by atoms with Crippen molar-refractivity contribution in [3.05, 3.63) is 515 Å². The highest BCUT2D eigenvalue weighted by molar-refractivity contribution is 6.19. The molecule has 1 aliphatic carbocycles. The van der Waals surface area contributed by atoms with E-state index >= 15 is 0 Å². The van der Waals surface area contributed by atoms with E-state index in [0.29, 0.717) is 0 Å². The van der Waals surface area contributed by atoms with Crippen molar-refractivity contribution in [1.29, 1.82) is 0 Å². The normalized spacial score (nSPS) is 12.2. The monoisotopic (exact) mass is 1850 g/mol. The van der Waals surface area contributed by atoms with E-state index < -0.39 is 0 Å². The van der Waals surface area contributed by atoms with Crippen LogP contribution in [0.25, 0.3) is 210 Å². The Kier molecular flexibility index (Phi) is 20.4. The molecule has 0 N–H and O–H groups in total. The molecule has 0 aliphatic heterocycles. The molecule has 1 aliphatic rings. The van der Waals surface area contributed by atoms with Crippen LogP contribution in [-0.4, -0.2) is 0 Å². The van der Waals surface area contributed by atoms with Crippen LogP contribution in [0.4, 0.5) is 51.2 Å². The first-order valence-corrected chi connectivity index (χ1v) is 49.0. The molecule has 0 radical (unpaired) electrons. The van der Waals surface area contributed by atoms with E-state index in [1.54, 1.807) is 0 Å². The fourth-order valence-corrected chi connectivity index (χ4v) is 21.9. The van der Waals surface area contributed by atoms with Crippen molar-refractivity contribution in [1.82, 2.24) is 0 Å². The van der Waals surface area contributed by atoms with Crippen LogP contribution in [-0.2, 0) is 5.41 Å². The van der Waals surface area contributed by atoms with E-state index in [1.165, 1.54) is 50.1 Å². The van der Waals surface area contributed by atoms with Gasteiger partial charge in [0, 0.05) is 121 Å². The van der Waals surface area contributed by atoms with E-state index in [2.05, 4.69) is 459 Å². The summed E-state index contributed by atoms with van der Waals surface area (Å²) in [6.07, 6.45) is 0. The highest BCUT2D eigenvalue weighted by Gasteiger charge is 2.37. The van der Waals surface area contributed by atoms with Gasteiger partial charge in [-0.25, -0.2) is 0 Å². The molecule has 680 valence electrons. The summed E-state index contributed by atoms with van der Waals surface area (Å²) in [6.45, 7) is 4.67. The summed E-state index contributed by atoms with van der Waals surface area (Å²) in [6, 6.07) is 177. The maximum atomic E-state index is 6.69. The van der Waals surface area contributed by atoms with Crippen LogP contribution in [0.2, 0.25) is 0 Å². The van der Waals surface area contributed by atoms with Crippen LogP contribution < -0.4 is 14.7 Å².